The summed E-state index contributed by atoms with van der Waals surface area (Å²) in [6.45, 7) is 1.78. The van der Waals surface area contributed by atoms with Crippen molar-refractivity contribution in [3.8, 4) is 0 Å². The summed E-state index contributed by atoms with van der Waals surface area (Å²) < 4.78 is 0. The number of nitrogens with one attached hydrogen (secondary N) is 1. The Morgan fingerprint density at radius 2 is 1.85 bits per heavy atom. The molecule has 0 aliphatic heterocycles. The van der Waals surface area contributed by atoms with Gasteiger partial charge in [-0.25, -0.2) is 0 Å². The summed E-state index contributed by atoms with van der Waals surface area (Å²) >= 11 is 0. The summed E-state index contributed by atoms with van der Waals surface area (Å²) in [4.78, 5) is 6.72. The van der Waals surface area contributed by atoms with Crippen molar-refractivity contribution >= 4 is 41.3 Å². The molecule has 0 heterocycles. The Balaban J connectivity index is 0.00000243. The molecule has 0 fully saturated rings. The predicted molar refractivity (Wildman–Crippen MR) is 123 cm³/mol. The summed E-state index contributed by atoms with van der Waals surface area (Å²) in [6.07, 6.45) is 5.78. The molecule has 0 spiro atoms. The molecule has 4 nitrogen and oxygen atoms in total. The van der Waals surface area contributed by atoms with Crippen LogP contribution in [0.5, 0.6) is 0 Å². The van der Waals surface area contributed by atoms with Crippen LogP contribution in [0, 0.1) is 0 Å². The van der Waals surface area contributed by atoms with Gasteiger partial charge in [0.05, 0.1) is 0 Å². The number of para-hydroxylation sites is 1. The Bertz CT molecular complexity index is 715. The number of halogens is 1. The van der Waals surface area contributed by atoms with Gasteiger partial charge in [-0.15, -0.1) is 24.0 Å². The number of unbranched alkanes of at least 4 members (excludes halogenated alkanes) is 1. The largest absolute Gasteiger partial charge is 0.375 e. The average molecular weight is 464 g/mol. The molecule has 0 radical (unpaired) electrons. The van der Waals surface area contributed by atoms with Crippen LogP contribution < -0.4 is 16.0 Å². The average Bonchev–Trinajstić information content (AvgIpc) is 3.09. The zero-order valence-corrected chi connectivity index (χ0v) is 17.8. The van der Waals surface area contributed by atoms with Gasteiger partial charge in [0.25, 0.3) is 0 Å². The van der Waals surface area contributed by atoms with Crippen molar-refractivity contribution in [3.63, 3.8) is 0 Å². The summed E-state index contributed by atoms with van der Waals surface area (Å²) in [5.41, 5.74) is 11.2. The van der Waals surface area contributed by atoms with Crippen molar-refractivity contribution < 1.29 is 0 Å². The van der Waals surface area contributed by atoms with E-state index in [1.807, 2.05) is 6.07 Å². The van der Waals surface area contributed by atoms with Crippen molar-refractivity contribution in [2.24, 2.45) is 10.7 Å². The zero-order valence-electron chi connectivity index (χ0n) is 15.4. The molecule has 5 heteroatoms. The van der Waals surface area contributed by atoms with Crippen LogP contribution in [-0.2, 0) is 12.8 Å². The molecule has 0 bridgehead atoms. The third kappa shape index (κ3) is 5.90. The van der Waals surface area contributed by atoms with Crippen molar-refractivity contribution in [2.75, 3.05) is 30.4 Å². The summed E-state index contributed by atoms with van der Waals surface area (Å²) in [5.74, 6) is 0.509. The summed E-state index contributed by atoms with van der Waals surface area (Å²) in [7, 11) is 2.13. The molecule has 140 valence electrons. The van der Waals surface area contributed by atoms with Crippen LogP contribution in [0.4, 0.5) is 11.4 Å². The molecular weight excluding hydrogens is 435 g/mol. The minimum absolute atomic E-state index is 0. The Morgan fingerprint density at radius 1 is 1.08 bits per heavy atom. The number of anilines is 2. The van der Waals surface area contributed by atoms with Crippen LogP contribution in [0.2, 0.25) is 0 Å². The lowest BCUT2D eigenvalue weighted by molar-refractivity contribution is 0.728. The van der Waals surface area contributed by atoms with E-state index in [1.54, 1.807) is 0 Å². The molecule has 0 unspecified atom stereocenters. The van der Waals surface area contributed by atoms with E-state index >= 15 is 0 Å². The first-order valence-electron chi connectivity index (χ1n) is 9.17. The number of nitrogens with two attached hydrogens (primary N) is 1. The van der Waals surface area contributed by atoms with Gasteiger partial charge in [-0.3, -0.25) is 4.99 Å². The van der Waals surface area contributed by atoms with Gasteiger partial charge >= 0.3 is 0 Å². The van der Waals surface area contributed by atoms with Crippen LogP contribution in [0.1, 0.15) is 30.4 Å². The molecule has 2 aromatic rings. The lowest BCUT2D eigenvalue weighted by atomic mass is 10.1. The van der Waals surface area contributed by atoms with E-state index in [1.165, 1.54) is 36.1 Å². The van der Waals surface area contributed by atoms with E-state index in [0.29, 0.717) is 5.96 Å². The third-order valence-corrected chi connectivity index (χ3v) is 4.75. The van der Waals surface area contributed by atoms with Gasteiger partial charge in [-0.05, 0) is 67.5 Å². The van der Waals surface area contributed by atoms with E-state index in [0.717, 1.165) is 31.6 Å². The number of nitrogens with zero attached hydrogens (tertiary/aromatic N) is 2. The van der Waals surface area contributed by atoms with E-state index in [-0.39, 0.29) is 24.0 Å². The van der Waals surface area contributed by atoms with Crippen LogP contribution in [0.15, 0.2) is 53.5 Å². The second-order valence-electron chi connectivity index (χ2n) is 6.69. The van der Waals surface area contributed by atoms with Crippen molar-refractivity contribution in [3.05, 3.63) is 59.7 Å². The number of benzene rings is 2. The smallest absolute Gasteiger partial charge is 0.193 e. The Morgan fingerprint density at radius 3 is 2.65 bits per heavy atom. The highest BCUT2D eigenvalue weighted by molar-refractivity contribution is 14.0. The van der Waals surface area contributed by atoms with Crippen LogP contribution in [0.25, 0.3) is 0 Å². The number of aliphatic imine (C=N–C) groups is 1. The van der Waals surface area contributed by atoms with Gasteiger partial charge < -0.3 is 16.0 Å². The highest BCUT2D eigenvalue weighted by atomic mass is 127. The van der Waals surface area contributed by atoms with Gasteiger partial charge in [-0.2, -0.15) is 0 Å². The standard InChI is InChI=1S/C21H28N4.HI/c1-25(20-10-3-2-4-11-20)15-6-5-14-23-21(22)24-19-13-12-17-8-7-9-18(17)16-19;/h2-4,10-13,16H,5-9,14-15H2,1H3,(H3,22,23,24);1H. The highest BCUT2D eigenvalue weighted by Gasteiger charge is 2.10. The van der Waals surface area contributed by atoms with Gasteiger partial charge in [0.2, 0.25) is 0 Å². The van der Waals surface area contributed by atoms with Crippen molar-refractivity contribution in [2.45, 2.75) is 32.1 Å². The fourth-order valence-corrected chi connectivity index (χ4v) is 3.31. The molecule has 0 atom stereocenters. The SMILES string of the molecule is CN(CCCCN=C(N)Nc1ccc2c(c1)CCC2)c1ccccc1.I. The Hall–Kier alpha value is -1.76. The number of hydrogen-bond acceptors (Lipinski definition) is 2. The van der Waals surface area contributed by atoms with E-state index in [9.17, 15) is 0 Å². The lowest BCUT2D eigenvalue weighted by Crippen LogP contribution is -2.23. The molecule has 1 aliphatic rings. The molecule has 0 saturated heterocycles. The fourth-order valence-electron chi connectivity index (χ4n) is 3.31. The minimum Gasteiger partial charge on any atom is -0.375 e. The number of guanidine groups is 1. The van der Waals surface area contributed by atoms with Crippen LogP contribution in [-0.4, -0.2) is 26.1 Å². The first kappa shape index (κ1) is 20.6. The van der Waals surface area contributed by atoms with Crippen molar-refractivity contribution in [1.82, 2.24) is 0 Å². The molecule has 3 N–H and O–H groups in total. The van der Waals surface area contributed by atoms with Gasteiger partial charge in [0, 0.05) is 31.5 Å². The van der Waals surface area contributed by atoms with E-state index < -0.39 is 0 Å². The van der Waals surface area contributed by atoms with Crippen LogP contribution >= 0.6 is 24.0 Å². The normalized spacial score (nSPS) is 13.0. The quantitative estimate of drug-likeness (QED) is 0.276. The molecule has 26 heavy (non-hydrogen) atoms. The monoisotopic (exact) mass is 464 g/mol. The van der Waals surface area contributed by atoms with Gasteiger partial charge in [0.1, 0.15) is 0 Å². The maximum atomic E-state index is 6.01. The second-order valence-corrected chi connectivity index (χ2v) is 6.69. The van der Waals surface area contributed by atoms with Gasteiger partial charge in [0.15, 0.2) is 5.96 Å². The first-order valence-corrected chi connectivity index (χ1v) is 9.17. The number of rotatable bonds is 7. The lowest BCUT2D eigenvalue weighted by Gasteiger charge is -2.18. The minimum atomic E-state index is 0. The topological polar surface area (TPSA) is 53.6 Å². The highest BCUT2D eigenvalue weighted by Crippen LogP contribution is 2.24. The zero-order chi connectivity index (χ0) is 17.5. The summed E-state index contributed by atoms with van der Waals surface area (Å²) in [5, 5.41) is 3.21. The molecular formula is C21H29IN4. The van der Waals surface area contributed by atoms with Crippen molar-refractivity contribution in [1.29, 1.82) is 0 Å². The number of fused-ring (bicyclic) bond motifs is 1. The number of aryl methyl sites for hydroxylation is 2. The molecule has 0 amide bonds. The predicted octanol–water partition coefficient (Wildman–Crippen LogP) is 4.44. The fraction of sp³-hybridized carbons (Fsp3) is 0.381. The summed E-state index contributed by atoms with van der Waals surface area (Å²) in [6, 6.07) is 17.0. The molecule has 2 aromatic carbocycles. The molecule has 1 aliphatic carbocycles. The maximum Gasteiger partial charge on any atom is 0.193 e. The van der Waals surface area contributed by atoms with Gasteiger partial charge in [-0.1, -0.05) is 24.3 Å². The molecule has 3 rings (SSSR count). The molecule has 0 saturated carbocycles. The van der Waals surface area contributed by atoms with Crippen LogP contribution in [0.3, 0.4) is 0 Å². The number of hydrogen-bond donors (Lipinski definition) is 2. The first-order chi connectivity index (χ1) is 12.2. The Kier molecular flexibility index (Phi) is 8.22. The van der Waals surface area contributed by atoms with E-state index in [2.05, 4.69) is 64.7 Å². The maximum absolute atomic E-state index is 6.01. The third-order valence-electron chi connectivity index (χ3n) is 4.75. The van der Waals surface area contributed by atoms with E-state index in [4.69, 9.17) is 5.73 Å². The second kappa shape index (κ2) is 10.4. The molecule has 0 aromatic heterocycles. The Labute approximate surface area is 173 Å².